The van der Waals surface area contributed by atoms with Crippen molar-refractivity contribution < 1.29 is 39.4 Å². The van der Waals surface area contributed by atoms with Crippen molar-refractivity contribution in [2.24, 2.45) is 46.3 Å². The summed E-state index contributed by atoms with van der Waals surface area (Å²) in [6.45, 7) is 13.1. The monoisotopic (exact) mass is 678 g/mol. The zero-order valence-electron chi connectivity index (χ0n) is 29.0. The highest BCUT2D eigenvalue weighted by Crippen LogP contribution is 2.69. The van der Waals surface area contributed by atoms with Crippen LogP contribution in [-0.2, 0) is 42.8 Å². The first-order valence-corrected chi connectivity index (χ1v) is 21.3. The van der Waals surface area contributed by atoms with Gasteiger partial charge in [-0.3, -0.25) is 8.37 Å². The molecule has 0 unspecified atom stereocenters. The van der Waals surface area contributed by atoms with Crippen LogP contribution in [-0.4, -0.2) is 80.7 Å². The lowest BCUT2D eigenvalue weighted by molar-refractivity contribution is -0.228. The van der Waals surface area contributed by atoms with Crippen LogP contribution in [0.2, 0.25) is 0 Å². The molecule has 9 nitrogen and oxygen atoms in total. The Labute approximate surface area is 274 Å². The van der Waals surface area contributed by atoms with Crippen LogP contribution in [0.3, 0.4) is 0 Å². The molecule has 0 aromatic rings. The van der Waals surface area contributed by atoms with Gasteiger partial charge in [-0.15, -0.1) is 0 Å². The molecule has 4 rings (SSSR count). The largest absolute Gasteiger partial charge is 0.378 e. The van der Waals surface area contributed by atoms with Crippen LogP contribution in [0, 0.1) is 46.3 Å². The molecule has 0 radical (unpaired) electrons. The van der Waals surface area contributed by atoms with Gasteiger partial charge in [0.15, 0.2) is 0 Å². The molecule has 4 aliphatic rings. The number of rotatable bonds is 17. The minimum atomic E-state index is -3.54. The van der Waals surface area contributed by atoms with Crippen molar-refractivity contribution in [2.45, 2.75) is 124 Å². The van der Waals surface area contributed by atoms with Crippen LogP contribution in [0.1, 0.15) is 105 Å². The molecule has 0 saturated heterocycles. The Hall–Kier alpha value is -0.300. The third-order valence-electron chi connectivity index (χ3n) is 12.4. The summed E-state index contributed by atoms with van der Waals surface area (Å²) in [6, 6.07) is 0. The highest BCUT2D eigenvalue weighted by atomic mass is 32.2. The molecular formula is C34H62O9S2. The molecule has 0 N–H and O–H groups in total. The molecule has 0 aromatic carbocycles. The molecule has 0 heterocycles. The molecule has 4 aliphatic carbocycles. The van der Waals surface area contributed by atoms with Crippen LogP contribution in [0.15, 0.2) is 0 Å². The van der Waals surface area contributed by atoms with E-state index >= 15 is 0 Å². The van der Waals surface area contributed by atoms with E-state index < -0.39 is 20.2 Å². The van der Waals surface area contributed by atoms with Gasteiger partial charge in [-0.25, -0.2) is 0 Å². The van der Waals surface area contributed by atoms with E-state index in [1.165, 1.54) is 19.3 Å². The maximum atomic E-state index is 11.7. The van der Waals surface area contributed by atoms with Gasteiger partial charge in [0, 0.05) is 12.0 Å². The topological polar surface area (TPSA) is 114 Å². The summed E-state index contributed by atoms with van der Waals surface area (Å²) < 4.78 is 76.7. The summed E-state index contributed by atoms with van der Waals surface area (Å²) in [6.07, 6.45) is 14.4. The lowest BCUT2D eigenvalue weighted by Gasteiger charge is -2.64. The van der Waals surface area contributed by atoms with E-state index in [9.17, 15) is 16.8 Å². The maximum Gasteiger partial charge on any atom is 0.264 e. The lowest BCUT2D eigenvalue weighted by atomic mass is 9.43. The molecule has 0 aliphatic heterocycles. The highest BCUT2D eigenvalue weighted by molar-refractivity contribution is 7.86. The summed E-state index contributed by atoms with van der Waals surface area (Å²) in [5.41, 5.74) is 0.0485. The van der Waals surface area contributed by atoms with Crippen LogP contribution in [0.4, 0.5) is 0 Å². The maximum absolute atomic E-state index is 11.7. The van der Waals surface area contributed by atoms with E-state index in [-0.39, 0.29) is 55.6 Å². The fourth-order valence-electron chi connectivity index (χ4n) is 10.4. The second kappa shape index (κ2) is 15.5. The Morgan fingerprint density at radius 2 is 1.42 bits per heavy atom. The Bertz CT molecular complexity index is 1160. The van der Waals surface area contributed by atoms with Gasteiger partial charge in [-0.2, -0.15) is 16.8 Å². The number of unbranched alkanes of at least 4 members (excludes halogenated alkanes) is 1. The van der Waals surface area contributed by atoms with Crippen molar-refractivity contribution in [2.75, 3.05) is 45.5 Å². The quantitative estimate of drug-likeness (QED) is 0.131. The van der Waals surface area contributed by atoms with Crippen molar-refractivity contribution in [3.63, 3.8) is 0 Å². The van der Waals surface area contributed by atoms with Gasteiger partial charge in [0.1, 0.15) is 0 Å². The predicted molar refractivity (Wildman–Crippen MR) is 176 cm³/mol. The fourth-order valence-corrected chi connectivity index (χ4v) is 11.2. The van der Waals surface area contributed by atoms with Crippen molar-refractivity contribution in [1.29, 1.82) is 0 Å². The molecule has 11 atom stereocenters. The van der Waals surface area contributed by atoms with Crippen molar-refractivity contribution >= 4 is 20.2 Å². The van der Waals surface area contributed by atoms with Crippen LogP contribution >= 0.6 is 0 Å². The summed E-state index contributed by atoms with van der Waals surface area (Å²) >= 11 is 0. The molecule has 0 amide bonds. The third kappa shape index (κ3) is 8.84. The molecule has 264 valence electrons. The van der Waals surface area contributed by atoms with Gasteiger partial charge in [0.2, 0.25) is 0 Å². The Morgan fingerprint density at radius 1 is 0.756 bits per heavy atom. The lowest BCUT2D eigenvalue weighted by Crippen LogP contribution is -2.63. The molecule has 4 saturated carbocycles. The van der Waals surface area contributed by atoms with E-state index in [0.717, 1.165) is 70.5 Å². The van der Waals surface area contributed by atoms with E-state index in [1.54, 1.807) is 0 Å². The average molecular weight is 679 g/mol. The van der Waals surface area contributed by atoms with Crippen molar-refractivity contribution in [3.05, 3.63) is 0 Å². The summed E-state index contributed by atoms with van der Waals surface area (Å²) in [7, 11) is -7.07. The van der Waals surface area contributed by atoms with Gasteiger partial charge in [0.25, 0.3) is 20.2 Å². The third-order valence-corrected chi connectivity index (χ3v) is 13.6. The number of fused-ring (bicyclic) bond motifs is 5. The first-order valence-electron chi connectivity index (χ1n) is 17.7. The van der Waals surface area contributed by atoms with Gasteiger partial charge < -0.3 is 14.2 Å². The van der Waals surface area contributed by atoms with E-state index in [2.05, 4.69) is 34.6 Å². The molecule has 45 heavy (non-hydrogen) atoms. The molecular weight excluding hydrogens is 616 g/mol. The minimum Gasteiger partial charge on any atom is -0.378 e. The molecule has 0 spiro atoms. The second-order valence-electron chi connectivity index (χ2n) is 15.2. The Balaban J connectivity index is 1.66. The first-order chi connectivity index (χ1) is 21.1. The highest BCUT2D eigenvalue weighted by Gasteiger charge is 2.66. The van der Waals surface area contributed by atoms with Gasteiger partial charge in [-0.05, 0) is 92.3 Å². The zero-order valence-corrected chi connectivity index (χ0v) is 30.6. The van der Waals surface area contributed by atoms with E-state index in [4.69, 9.17) is 22.6 Å². The zero-order chi connectivity index (χ0) is 33.0. The summed E-state index contributed by atoms with van der Waals surface area (Å²) in [5.74, 6) is 2.64. The van der Waals surface area contributed by atoms with Gasteiger partial charge in [0.05, 0.1) is 57.3 Å². The number of hydrogen-bond acceptors (Lipinski definition) is 9. The van der Waals surface area contributed by atoms with Gasteiger partial charge in [-0.1, -0.05) is 53.9 Å². The average Bonchev–Trinajstić information content (AvgIpc) is 3.32. The van der Waals surface area contributed by atoms with Crippen LogP contribution < -0.4 is 0 Å². The Morgan fingerprint density at radius 3 is 2.04 bits per heavy atom. The standard InChI is InChI=1S/C34H62O9S2/c1-8-10-11-24(3)27-12-13-28-32-29(23-31(34(27,28)5)41-18-20-43-45(7,37)38)33(4)15-14-26(39-16-9-2)21-25(33)22-30(32)40-17-19-42-44(6,35)36/h24-32H,8-23H2,1-7H3/t24-,25+,26-,27-,28+,29+,30-,31+,32+,33+,34-/m1/s1. The van der Waals surface area contributed by atoms with E-state index in [1.807, 2.05) is 0 Å². The molecule has 0 bridgehead atoms. The van der Waals surface area contributed by atoms with Crippen molar-refractivity contribution in [3.8, 4) is 0 Å². The molecule has 0 aromatic heterocycles. The Kier molecular flexibility index (Phi) is 12.9. The minimum absolute atomic E-state index is 0.00217. The number of ether oxygens (including phenoxy) is 3. The predicted octanol–water partition coefficient (Wildman–Crippen LogP) is 6.21. The molecule has 11 heteroatoms. The van der Waals surface area contributed by atoms with Crippen molar-refractivity contribution in [1.82, 2.24) is 0 Å². The molecule has 4 fully saturated rings. The second-order valence-corrected chi connectivity index (χ2v) is 18.5. The van der Waals surface area contributed by atoms with Crippen LogP contribution in [0.25, 0.3) is 0 Å². The summed E-state index contributed by atoms with van der Waals surface area (Å²) in [4.78, 5) is 0. The normalized spacial score (nSPS) is 39.2. The fraction of sp³-hybridized carbons (Fsp3) is 1.00. The van der Waals surface area contributed by atoms with E-state index in [0.29, 0.717) is 35.5 Å². The van der Waals surface area contributed by atoms with Crippen LogP contribution in [0.5, 0.6) is 0 Å². The van der Waals surface area contributed by atoms with Gasteiger partial charge >= 0.3 is 0 Å². The summed E-state index contributed by atoms with van der Waals surface area (Å²) in [5, 5.41) is 0. The first kappa shape index (κ1) is 37.5. The SMILES string of the molecule is CCCC[C@@H](C)[C@H]1CC[C@H]2[C@@H]3[C@H](OCCOS(C)(=O)=O)C[C@@H]4C[C@H](OCCC)CC[C@]4(C)[C@H]3C[C@H](OCCOS(C)(=O)=O)[C@]12C. The number of hydrogen-bond donors (Lipinski definition) is 0. The smallest absolute Gasteiger partial charge is 0.264 e.